The van der Waals surface area contributed by atoms with Crippen LogP contribution in [0.4, 0.5) is 0 Å². The van der Waals surface area contributed by atoms with Crippen LogP contribution in [0.2, 0.25) is 0 Å². The number of rotatable bonds is 6. The van der Waals surface area contributed by atoms with Crippen LogP contribution in [0.5, 0.6) is 0 Å². The molecular weight excluding hydrogens is 224 g/mol. The molecule has 0 amide bonds. The molecule has 5 heteroatoms. The van der Waals surface area contributed by atoms with Gasteiger partial charge in [-0.05, 0) is 25.3 Å². The van der Waals surface area contributed by atoms with Crippen molar-refractivity contribution in [1.82, 2.24) is 5.32 Å². The SMILES string of the molecule is CSC(CO)C(C)NCc1ccc(C#N)o1. The van der Waals surface area contributed by atoms with E-state index in [1.54, 1.807) is 23.9 Å². The Morgan fingerprint density at radius 2 is 2.38 bits per heavy atom. The second-order valence-electron chi connectivity index (χ2n) is 3.50. The Morgan fingerprint density at radius 1 is 1.62 bits per heavy atom. The maximum Gasteiger partial charge on any atom is 0.203 e. The van der Waals surface area contributed by atoms with Crippen molar-refractivity contribution in [2.24, 2.45) is 0 Å². The molecule has 88 valence electrons. The summed E-state index contributed by atoms with van der Waals surface area (Å²) in [6.45, 7) is 2.74. The lowest BCUT2D eigenvalue weighted by atomic mass is 10.2. The highest BCUT2D eigenvalue weighted by molar-refractivity contribution is 7.99. The predicted molar refractivity (Wildman–Crippen MR) is 64.1 cm³/mol. The molecule has 0 aromatic carbocycles. The van der Waals surface area contributed by atoms with Gasteiger partial charge in [0.1, 0.15) is 11.8 Å². The standard InChI is InChI=1S/C11H16N2O2S/c1-8(11(7-14)16-2)13-6-10-4-3-9(5-12)15-10/h3-4,8,11,13-14H,6-7H2,1-2H3. The number of hydrogen-bond acceptors (Lipinski definition) is 5. The van der Waals surface area contributed by atoms with Crippen molar-refractivity contribution < 1.29 is 9.52 Å². The second-order valence-corrected chi connectivity index (χ2v) is 4.58. The van der Waals surface area contributed by atoms with E-state index in [1.165, 1.54) is 0 Å². The Labute approximate surface area is 99.6 Å². The smallest absolute Gasteiger partial charge is 0.203 e. The van der Waals surface area contributed by atoms with Crippen LogP contribution in [0.15, 0.2) is 16.5 Å². The van der Waals surface area contributed by atoms with E-state index in [4.69, 9.17) is 14.8 Å². The zero-order valence-electron chi connectivity index (χ0n) is 9.43. The number of nitriles is 1. The first-order chi connectivity index (χ1) is 7.71. The molecule has 0 aliphatic rings. The molecular formula is C11H16N2O2S. The average molecular weight is 240 g/mol. The first-order valence-electron chi connectivity index (χ1n) is 5.07. The lowest BCUT2D eigenvalue weighted by Crippen LogP contribution is -2.36. The van der Waals surface area contributed by atoms with Gasteiger partial charge in [-0.15, -0.1) is 0 Å². The van der Waals surface area contributed by atoms with Gasteiger partial charge in [0, 0.05) is 11.3 Å². The van der Waals surface area contributed by atoms with Crippen LogP contribution in [-0.2, 0) is 6.54 Å². The Kier molecular flexibility index (Phi) is 5.39. The molecule has 4 nitrogen and oxygen atoms in total. The summed E-state index contributed by atoms with van der Waals surface area (Å²) < 4.78 is 5.24. The second kappa shape index (κ2) is 6.59. The van der Waals surface area contributed by atoms with Crippen LogP contribution >= 0.6 is 11.8 Å². The maximum absolute atomic E-state index is 9.11. The third kappa shape index (κ3) is 3.56. The molecule has 0 spiro atoms. The number of furan rings is 1. The molecule has 2 unspecified atom stereocenters. The zero-order valence-corrected chi connectivity index (χ0v) is 10.3. The monoisotopic (exact) mass is 240 g/mol. The fourth-order valence-electron chi connectivity index (χ4n) is 1.36. The van der Waals surface area contributed by atoms with Gasteiger partial charge in [-0.2, -0.15) is 17.0 Å². The fraction of sp³-hybridized carbons (Fsp3) is 0.545. The van der Waals surface area contributed by atoms with E-state index in [0.717, 1.165) is 5.76 Å². The van der Waals surface area contributed by atoms with Gasteiger partial charge in [0.2, 0.25) is 5.76 Å². The molecule has 0 saturated carbocycles. The van der Waals surface area contributed by atoms with Crippen LogP contribution in [0.1, 0.15) is 18.4 Å². The van der Waals surface area contributed by atoms with Crippen molar-refractivity contribution in [3.63, 3.8) is 0 Å². The highest BCUT2D eigenvalue weighted by Crippen LogP contribution is 2.12. The van der Waals surface area contributed by atoms with Gasteiger partial charge in [0.05, 0.1) is 13.2 Å². The molecule has 0 fully saturated rings. The van der Waals surface area contributed by atoms with Crippen molar-refractivity contribution in [1.29, 1.82) is 5.26 Å². The number of aliphatic hydroxyl groups excluding tert-OH is 1. The topological polar surface area (TPSA) is 69.2 Å². The molecule has 2 N–H and O–H groups in total. The summed E-state index contributed by atoms with van der Waals surface area (Å²) in [6, 6.07) is 5.57. The summed E-state index contributed by atoms with van der Waals surface area (Å²) in [5.41, 5.74) is 0. The normalized spacial score (nSPS) is 14.4. The summed E-state index contributed by atoms with van der Waals surface area (Å²) in [7, 11) is 0. The van der Waals surface area contributed by atoms with Gasteiger partial charge < -0.3 is 14.8 Å². The van der Waals surface area contributed by atoms with E-state index in [0.29, 0.717) is 12.3 Å². The Morgan fingerprint density at radius 3 is 2.88 bits per heavy atom. The van der Waals surface area contributed by atoms with Crippen LogP contribution in [0, 0.1) is 11.3 Å². The maximum atomic E-state index is 9.11. The van der Waals surface area contributed by atoms with Gasteiger partial charge in [-0.25, -0.2) is 0 Å². The van der Waals surface area contributed by atoms with Crippen LogP contribution in [-0.4, -0.2) is 29.3 Å². The van der Waals surface area contributed by atoms with Gasteiger partial charge in [0.25, 0.3) is 0 Å². The number of nitrogens with one attached hydrogen (secondary N) is 1. The summed E-state index contributed by atoms with van der Waals surface area (Å²) in [5, 5.41) is 21.1. The predicted octanol–water partition coefficient (Wildman–Crippen LogP) is 1.35. The number of hydrogen-bond donors (Lipinski definition) is 2. The summed E-state index contributed by atoms with van der Waals surface area (Å²) in [5.74, 6) is 1.06. The first-order valence-corrected chi connectivity index (χ1v) is 6.36. The van der Waals surface area contributed by atoms with Gasteiger partial charge in [-0.3, -0.25) is 0 Å². The fourth-order valence-corrected chi connectivity index (χ4v) is 2.02. The molecule has 0 aliphatic carbocycles. The highest BCUT2D eigenvalue weighted by atomic mass is 32.2. The molecule has 0 aliphatic heterocycles. The summed E-state index contributed by atoms with van der Waals surface area (Å²) in [4.78, 5) is 0. The minimum Gasteiger partial charge on any atom is -0.449 e. The van der Waals surface area contributed by atoms with E-state index in [9.17, 15) is 0 Å². The molecule has 0 saturated heterocycles. The average Bonchev–Trinajstić information content (AvgIpc) is 2.76. The molecule has 0 radical (unpaired) electrons. The highest BCUT2D eigenvalue weighted by Gasteiger charge is 2.14. The quantitative estimate of drug-likeness (QED) is 0.785. The molecule has 1 heterocycles. The lowest BCUT2D eigenvalue weighted by Gasteiger charge is -2.20. The molecule has 1 aromatic rings. The van der Waals surface area contributed by atoms with Crippen molar-refractivity contribution in [3.05, 3.63) is 23.7 Å². The third-order valence-electron chi connectivity index (χ3n) is 2.41. The summed E-state index contributed by atoms with van der Waals surface area (Å²) in [6.07, 6.45) is 1.97. The van der Waals surface area contributed by atoms with E-state index in [1.807, 2.05) is 19.2 Å². The van der Waals surface area contributed by atoms with Crippen LogP contribution < -0.4 is 5.32 Å². The van der Waals surface area contributed by atoms with Gasteiger partial charge >= 0.3 is 0 Å². The number of aliphatic hydroxyl groups is 1. The Bertz CT molecular complexity index is 355. The van der Waals surface area contributed by atoms with Crippen molar-refractivity contribution in [2.75, 3.05) is 12.9 Å². The van der Waals surface area contributed by atoms with Crippen molar-refractivity contribution >= 4 is 11.8 Å². The van der Waals surface area contributed by atoms with Gasteiger partial charge in [-0.1, -0.05) is 0 Å². The molecule has 16 heavy (non-hydrogen) atoms. The van der Waals surface area contributed by atoms with Crippen molar-refractivity contribution in [2.45, 2.75) is 24.8 Å². The largest absolute Gasteiger partial charge is 0.449 e. The van der Waals surface area contributed by atoms with E-state index >= 15 is 0 Å². The van der Waals surface area contributed by atoms with Crippen LogP contribution in [0.3, 0.4) is 0 Å². The minimum atomic E-state index is 0.150. The van der Waals surface area contributed by atoms with Crippen molar-refractivity contribution in [3.8, 4) is 6.07 Å². The third-order valence-corrected chi connectivity index (χ3v) is 3.57. The first kappa shape index (κ1) is 13.1. The Hall–Kier alpha value is -0.960. The molecule has 1 rings (SSSR count). The summed E-state index contributed by atoms with van der Waals surface area (Å²) >= 11 is 1.63. The Balaban J connectivity index is 2.42. The van der Waals surface area contributed by atoms with E-state index < -0.39 is 0 Å². The minimum absolute atomic E-state index is 0.150. The zero-order chi connectivity index (χ0) is 12.0. The van der Waals surface area contributed by atoms with E-state index in [-0.39, 0.29) is 17.9 Å². The molecule has 1 aromatic heterocycles. The van der Waals surface area contributed by atoms with Gasteiger partial charge in [0.15, 0.2) is 0 Å². The van der Waals surface area contributed by atoms with Crippen LogP contribution in [0.25, 0.3) is 0 Å². The number of nitrogens with zero attached hydrogens (tertiary/aromatic N) is 1. The van der Waals surface area contributed by atoms with E-state index in [2.05, 4.69) is 5.32 Å². The number of thioether (sulfide) groups is 1. The molecule has 2 atom stereocenters. The molecule has 0 bridgehead atoms. The lowest BCUT2D eigenvalue weighted by molar-refractivity contribution is 0.274.